The van der Waals surface area contributed by atoms with Gasteiger partial charge in [-0.1, -0.05) is 0 Å². The van der Waals surface area contributed by atoms with Crippen LogP contribution in [0.2, 0.25) is 0 Å². The second-order valence-corrected chi connectivity index (χ2v) is 5.87. The molecule has 1 aromatic rings. The maximum Gasteiger partial charge on any atom is 0.303 e. The summed E-state index contributed by atoms with van der Waals surface area (Å²) in [4.78, 5) is 22.1. The lowest BCUT2D eigenvalue weighted by atomic mass is 10.2. The van der Waals surface area contributed by atoms with E-state index in [1.807, 2.05) is 0 Å². The van der Waals surface area contributed by atoms with Gasteiger partial charge in [-0.3, -0.25) is 9.59 Å². The molecule has 1 aromatic carbocycles. The van der Waals surface area contributed by atoms with E-state index >= 15 is 0 Å². The van der Waals surface area contributed by atoms with Crippen molar-refractivity contribution in [2.24, 2.45) is 0 Å². The molecule has 0 radical (unpaired) electrons. The van der Waals surface area contributed by atoms with Crippen LogP contribution in [0.1, 0.15) is 23.2 Å². The molecule has 1 rings (SSSR count). The summed E-state index contributed by atoms with van der Waals surface area (Å²) >= 11 is 0. The number of aliphatic carboxylic acids is 1. The molecule has 0 unspecified atom stereocenters. The van der Waals surface area contributed by atoms with E-state index in [1.54, 1.807) is 0 Å². The van der Waals surface area contributed by atoms with Gasteiger partial charge < -0.3 is 10.4 Å². The SMILES string of the molecule is CNS(=O)(=O)c1ccc(C(=O)NCCCC(=O)O)cc1. The highest BCUT2D eigenvalue weighted by Crippen LogP contribution is 2.10. The molecule has 0 saturated heterocycles. The van der Waals surface area contributed by atoms with Gasteiger partial charge in [-0.05, 0) is 37.7 Å². The topological polar surface area (TPSA) is 113 Å². The first-order chi connectivity index (χ1) is 9.36. The van der Waals surface area contributed by atoms with Crippen molar-refractivity contribution in [3.63, 3.8) is 0 Å². The molecule has 0 fully saturated rings. The minimum absolute atomic E-state index is 0.0143. The Labute approximate surface area is 117 Å². The van der Waals surface area contributed by atoms with Crippen LogP contribution in [0.25, 0.3) is 0 Å². The summed E-state index contributed by atoms with van der Waals surface area (Å²) in [6.07, 6.45) is 0.326. The maximum atomic E-state index is 11.7. The summed E-state index contributed by atoms with van der Waals surface area (Å²) in [5, 5.41) is 11.0. The van der Waals surface area contributed by atoms with E-state index in [9.17, 15) is 18.0 Å². The van der Waals surface area contributed by atoms with E-state index in [-0.39, 0.29) is 23.8 Å². The fraction of sp³-hybridized carbons (Fsp3) is 0.333. The zero-order valence-corrected chi connectivity index (χ0v) is 11.7. The highest BCUT2D eigenvalue weighted by molar-refractivity contribution is 7.89. The average Bonchev–Trinajstić information content (AvgIpc) is 2.43. The molecule has 0 aliphatic carbocycles. The number of carboxylic acid groups (broad SMARTS) is 1. The third-order valence-corrected chi connectivity index (χ3v) is 3.98. The smallest absolute Gasteiger partial charge is 0.303 e. The van der Waals surface area contributed by atoms with Crippen LogP contribution in [0, 0.1) is 0 Å². The van der Waals surface area contributed by atoms with Crippen molar-refractivity contribution >= 4 is 21.9 Å². The van der Waals surface area contributed by atoms with Gasteiger partial charge in [0.2, 0.25) is 10.0 Å². The van der Waals surface area contributed by atoms with E-state index in [1.165, 1.54) is 31.3 Å². The molecule has 0 saturated carbocycles. The van der Waals surface area contributed by atoms with Crippen LogP contribution in [0.3, 0.4) is 0 Å². The number of carbonyl (C=O) groups is 2. The van der Waals surface area contributed by atoms with E-state index < -0.39 is 16.0 Å². The Bertz CT molecular complexity index is 580. The molecule has 0 aliphatic heterocycles. The number of carbonyl (C=O) groups excluding carboxylic acids is 1. The fourth-order valence-corrected chi connectivity index (χ4v) is 2.18. The van der Waals surface area contributed by atoms with Crippen LogP contribution in [0.4, 0.5) is 0 Å². The van der Waals surface area contributed by atoms with Gasteiger partial charge >= 0.3 is 5.97 Å². The lowest BCUT2D eigenvalue weighted by Gasteiger charge is -2.06. The van der Waals surface area contributed by atoms with Gasteiger partial charge in [0.15, 0.2) is 0 Å². The summed E-state index contributed by atoms with van der Waals surface area (Å²) in [5.41, 5.74) is 0.315. The second-order valence-electron chi connectivity index (χ2n) is 3.99. The number of nitrogens with one attached hydrogen (secondary N) is 2. The van der Waals surface area contributed by atoms with Gasteiger partial charge in [0.05, 0.1) is 4.90 Å². The number of hydrogen-bond acceptors (Lipinski definition) is 4. The predicted molar refractivity (Wildman–Crippen MR) is 71.9 cm³/mol. The number of sulfonamides is 1. The average molecular weight is 300 g/mol. The van der Waals surface area contributed by atoms with Crippen LogP contribution in [-0.2, 0) is 14.8 Å². The summed E-state index contributed by atoms with van der Waals surface area (Å²) in [5.74, 6) is -1.29. The fourth-order valence-electron chi connectivity index (χ4n) is 1.45. The highest BCUT2D eigenvalue weighted by atomic mass is 32.2. The lowest BCUT2D eigenvalue weighted by Crippen LogP contribution is -2.25. The van der Waals surface area contributed by atoms with Crippen molar-refractivity contribution in [1.82, 2.24) is 10.0 Å². The van der Waals surface area contributed by atoms with Gasteiger partial charge in [-0.25, -0.2) is 13.1 Å². The third-order valence-electron chi connectivity index (χ3n) is 2.55. The first kappa shape index (κ1) is 16.1. The standard InChI is InChI=1S/C12H16N2O5S/c1-13-20(18,19)10-6-4-9(5-7-10)12(17)14-8-2-3-11(15)16/h4-7,13H,2-3,8H2,1H3,(H,14,17)(H,15,16). The largest absolute Gasteiger partial charge is 0.481 e. The molecule has 20 heavy (non-hydrogen) atoms. The Morgan fingerprint density at radius 3 is 2.30 bits per heavy atom. The maximum absolute atomic E-state index is 11.7. The second kappa shape index (κ2) is 7.01. The van der Waals surface area contributed by atoms with E-state index in [4.69, 9.17) is 5.11 Å². The molecule has 0 aliphatic rings. The normalized spacial score (nSPS) is 11.1. The van der Waals surface area contributed by atoms with Gasteiger partial charge in [0.25, 0.3) is 5.91 Å². The van der Waals surface area contributed by atoms with E-state index in [0.717, 1.165) is 0 Å². The molecular weight excluding hydrogens is 284 g/mol. The molecular formula is C12H16N2O5S. The first-order valence-electron chi connectivity index (χ1n) is 5.90. The molecule has 0 bridgehead atoms. The molecule has 8 heteroatoms. The van der Waals surface area contributed by atoms with Crippen molar-refractivity contribution < 1.29 is 23.1 Å². The zero-order chi connectivity index (χ0) is 15.2. The Kier molecular flexibility index (Phi) is 5.66. The van der Waals surface area contributed by atoms with Gasteiger partial charge in [0, 0.05) is 18.5 Å². The molecule has 3 N–H and O–H groups in total. The molecule has 0 aromatic heterocycles. The molecule has 7 nitrogen and oxygen atoms in total. The van der Waals surface area contributed by atoms with Crippen LogP contribution < -0.4 is 10.0 Å². The Morgan fingerprint density at radius 2 is 1.80 bits per heavy atom. The van der Waals surface area contributed by atoms with Crippen molar-refractivity contribution in [2.75, 3.05) is 13.6 Å². The van der Waals surface area contributed by atoms with Crippen molar-refractivity contribution in [2.45, 2.75) is 17.7 Å². The number of hydrogen-bond donors (Lipinski definition) is 3. The molecule has 0 heterocycles. The zero-order valence-electron chi connectivity index (χ0n) is 10.9. The summed E-state index contributed by atoms with van der Waals surface area (Å²) in [6.45, 7) is 0.252. The monoisotopic (exact) mass is 300 g/mol. The summed E-state index contributed by atoms with van der Waals surface area (Å²) < 4.78 is 25.2. The minimum Gasteiger partial charge on any atom is -0.481 e. The number of rotatable bonds is 7. The van der Waals surface area contributed by atoms with Crippen LogP contribution >= 0.6 is 0 Å². The van der Waals surface area contributed by atoms with Crippen molar-refractivity contribution in [3.05, 3.63) is 29.8 Å². The molecule has 0 spiro atoms. The Morgan fingerprint density at radius 1 is 1.20 bits per heavy atom. The Balaban J connectivity index is 2.60. The van der Waals surface area contributed by atoms with Gasteiger partial charge in [-0.2, -0.15) is 0 Å². The Hall–Kier alpha value is -1.93. The van der Waals surface area contributed by atoms with Crippen LogP contribution in [-0.4, -0.2) is 39.0 Å². The van der Waals surface area contributed by atoms with Crippen LogP contribution in [0.5, 0.6) is 0 Å². The molecule has 0 atom stereocenters. The predicted octanol–water partition coefficient (Wildman–Crippen LogP) is 0.189. The quantitative estimate of drug-likeness (QED) is 0.622. The number of benzene rings is 1. The van der Waals surface area contributed by atoms with Gasteiger partial charge in [0.1, 0.15) is 0 Å². The lowest BCUT2D eigenvalue weighted by molar-refractivity contribution is -0.137. The van der Waals surface area contributed by atoms with Gasteiger partial charge in [-0.15, -0.1) is 0 Å². The molecule has 110 valence electrons. The summed E-state index contributed by atoms with van der Waals surface area (Å²) in [6, 6.07) is 5.46. The van der Waals surface area contributed by atoms with E-state index in [0.29, 0.717) is 12.0 Å². The van der Waals surface area contributed by atoms with Crippen molar-refractivity contribution in [1.29, 1.82) is 0 Å². The minimum atomic E-state index is -3.52. The number of carboxylic acids is 1. The number of amides is 1. The third kappa shape index (κ3) is 4.63. The van der Waals surface area contributed by atoms with Crippen molar-refractivity contribution in [3.8, 4) is 0 Å². The van der Waals surface area contributed by atoms with E-state index in [2.05, 4.69) is 10.0 Å². The molecule has 1 amide bonds. The van der Waals surface area contributed by atoms with Crippen LogP contribution in [0.15, 0.2) is 29.2 Å². The first-order valence-corrected chi connectivity index (χ1v) is 7.39. The summed E-state index contributed by atoms with van der Waals surface area (Å²) in [7, 11) is -2.21. The highest BCUT2D eigenvalue weighted by Gasteiger charge is 2.12.